The minimum atomic E-state index is -0.615. The fourth-order valence-electron chi connectivity index (χ4n) is 2.32. The van der Waals surface area contributed by atoms with E-state index in [1.165, 1.54) is 6.07 Å². The zero-order valence-corrected chi connectivity index (χ0v) is 13.2. The molecule has 1 aromatic heterocycles. The van der Waals surface area contributed by atoms with Gasteiger partial charge in [-0.15, -0.1) is 24.8 Å². The molecule has 1 amide bonds. The maximum absolute atomic E-state index is 11.9. The Bertz CT molecular complexity index is 527. The van der Waals surface area contributed by atoms with Crippen LogP contribution in [-0.4, -0.2) is 33.1 Å². The van der Waals surface area contributed by atoms with Gasteiger partial charge in [-0.1, -0.05) is 0 Å². The Morgan fingerprint density at radius 3 is 2.71 bits per heavy atom. The van der Waals surface area contributed by atoms with Gasteiger partial charge in [0.2, 0.25) is 5.91 Å². The van der Waals surface area contributed by atoms with Crippen molar-refractivity contribution >= 4 is 30.7 Å². The van der Waals surface area contributed by atoms with Crippen LogP contribution in [0.4, 0.5) is 0 Å². The smallest absolute Gasteiger partial charge is 0.251 e. The van der Waals surface area contributed by atoms with E-state index in [1.807, 2.05) is 0 Å². The van der Waals surface area contributed by atoms with E-state index in [0.717, 1.165) is 0 Å². The van der Waals surface area contributed by atoms with E-state index in [0.29, 0.717) is 24.4 Å². The molecule has 0 aliphatic heterocycles. The molecule has 0 unspecified atom stereocenters. The van der Waals surface area contributed by atoms with Crippen molar-refractivity contribution in [1.82, 2.24) is 15.3 Å². The van der Waals surface area contributed by atoms with Gasteiger partial charge < -0.3 is 21.1 Å². The van der Waals surface area contributed by atoms with E-state index < -0.39 is 6.10 Å². The lowest BCUT2D eigenvalue weighted by Gasteiger charge is -2.10. The highest BCUT2D eigenvalue weighted by molar-refractivity contribution is 5.85. The van der Waals surface area contributed by atoms with E-state index in [9.17, 15) is 14.7 Å². The summed E-state index contributed by atoms with van der Waals surface area (Å²) in [7, 11) is 0. The van der Waals surface area contributed by atoms with Crippen molar-refractivity contribution in [3.05, 3.63) is 27.9 Å². The second kappa shape index (κ2) is 8.33. The van der Waals surface area contributed by atoms with Gasteiger partial charge in [0.25, 0.3) is 5.56 Å². The van der Waals surface area contributed by atoms with Gasteiger partial charge in [-0.25, -0.2) is 4.98 Å². The zero-order chi connectivity index (χ0) is 14.0. The average Bonchev–Trinajstić information content (AvgIpc) is 2.65. The number of aromatic nitrogens is 2. The maximum Gasteiger partial charge on any atom is 0.251 e. The highest BCUT2D eigenvalue weighted by Gasteiger charge is 2.34. The third-order valence-electron chi connectivity index (χ3n) is 3.30. The highest BCUT2D eigenvalue weighted by Crippen LogP contribution is 2.24. The van der Waals surface area contributed by atoms with Gasteiger partial charge in [-0.2, -0.15) is 0 Å². The number of aliphatic hydroxyl groups is 1. The van der Waals surface area contributed by atoms with E-state index in [-0.39, 0.29) is 54.8 Å². The number of rotatable bonds is 3. The van der Waals surface area contributed by atoms with Crippen molar-refractivity contribution in [2.75, 3.05) is 0 Å². The van der Waals surface area contributed by atoms with Gasteiger partial charge in [0.15, 0.2) is 0 Å². The first-order valence-corrected chi connectivity index (χ1v) is 6.24. The molecule has 1 aromatic rings. The first kappa shape index (κ1) is 19.9. The molecular weight excluding hydrogens is 319 g/mol. The number of carbonyl (C=O) groups excluding carboxylic acids is 1. The molecule has 3 atom stereocenters. The van der Waals surface area contributed by atoms with Gasteiger partial charge in [0.1, 0.15) is 5.82 Å². The van der Waals surface area contributed by atoms with Crippen LogP contribution >= 0.6 is 24.8 Å². The van der Waals surface area contributed by atoms with Crippen molar-refractivity contribution in [2.24, 2.45) is 11.7 Å². The minimum absolute atomic E-state index is 0. The maximum atomic E-state index is 11.9. The molecule has 0 aromatic carbocycles. The highest BCUT2D eigenvalue weighted by atomic mass is 35.5. The minimum Gasteiger partial charge on any atom is -0.391 e. The SMILES string of the molecule is Cc1nc(CNC(=O)[C@H]2C[C@H](N)[C@@H](O)C2)cc(=O)[nH]1.Cl.Cl. The van der Waals surface area contributed by atoms with Gasteiger partial charge in [0, 0.05) is 18.0 Å². The molecule has 9 heteroatoms. The molecule has 1 aliphatic rings. The molecular formula is C12H20Cl2N4O3. The number of carbonyl (C=O) groups is 1. The Morgan fingerprint density at radius 2 is 2.19 bits per heavy atom. The second-order valence-electron chi connectivity index (χ2n) is 4.94. The lowest BCUT2D eigenvalue weighted by Crippen LogP contribution is -2.31. The number of hydrogen-bond acceptors (Lipinski definition) is 5. The molecule has 1 heterocycles. The van der Waals surface area contributed by atoms with E-state index in [4.69, 9.17) is 5.73 Å². The van der Waals surface area contributed by atoms with Gasteiger partial charge in [0.05, 0.1) is 18.3 Å². The monoisotopic (exact) mass is 338 g/mol. The van der Waals surface area contributed by atoms with Gasteiger partial charge in [-0.05, 0) is 19.8 Å². The second-order valence-corrected chi connectivity index (χ2v) is 4.94. The number of aryl methyl sites for hydroxylation is 1. The summed E-state index contributed by atoms with van der Waals surface area (Å²) in [4.78, 5) is 29.8. The standard InChI is InChI=1S/C12H18N4O3.2ClH/c1-6-15-8(4-11(18)16-6)5-14-12(19)7-2-9(13)10(17)3-7;;/h4,7,9-10,17H,2-3,5,13H2,1H3,(H,14,19)(H,15,16,18);2*1H/t7-,9-,10-;;/m0../s1. The predicted molar refractivity (Wildman–Crippen MR) is 82.6 cm³/mol. The largest absolute Gasteiger partial charge is 0.391 e. The first-order valence-electron chi connectivity index (χ1n) is 6.24. The Morgan fingerprint density at radius 1 is 1.52 bits per heavy atom. The number of nitrogens with one attached hydrogen (secondary N) is 2. The summed E-state index contributed by atoms with van der Waals surface area (Å²) in [5.74, 6) is 0.0786. The van der Waals surface area contributed by atoms with E-state index in [1.54, 1.807) is 6.92 Å². The fraction of sp³-hybridized carbons (Fsp3) is 0.583. The molecule has 120 valence electrons. The van der Waals surface area contributed by atoms with Crippen LogP contribution in [0.2, 0.25) is 0 Å². The van der Waals surface area contributed by atoms with Crippen LogP contribution in [0, 0.1) is 12.8 Å². The van der Waals surface area contributed by atoms with Crippen LogP contribution < -0.4 is 16.6 Å². The number of H-pyrrole nitrogens is 1. The average molecular weight is 339 g/mol. The third-order valence-corrected chi connectivity index (χ3v) is 3.30. The summed E-state index contributed by atoms with van der Waals surface area (Å²) in [6.45, 7) is 1.88. The van der Waals surface area contributed by atoms with Crippen LogP contribution in [0.3, 0.4) is 0 Å². The summed E-state index contributed by atoms with van der Waals surface area (Å²) in [5, 5.41) is 12.2. The van der Waals surface area contributed by atoms with Crippen LogP contribution in [0.15, 0.2) is 10.9 Å². The molecule has 1 aliphatic carbocycles. The van der Waals surface area contributed by atoms with Crippen LogP contribution in [0.25, 0.3) is 0 Å². The van der Waals surface area contributed by atoms with Crippen molar-refractivity contribution < 1.29 is 9.90 Å². The molecule has 7 nitrogen and oxygen atoms in total. The number of amides is 1. The lowest BCUT2D eigenvalue weighted by molar-refractivity contribution is -0.125. The van der Waals surface area contributed by atoms with Crippen molar-refractivity contribution in [2.45, 2.75) is 38.5 Å². The van der Waals surface area contributed by atoms with Crippen molar-refractivity contribution in [3.63, 3.8) is 0 Å². The Labute approximate surface area is 134 Å². The molecule has 0 bridgehead atoms. The van der Waals surface area contributed by atoms with E-state index in [2.05, 4.69) is 15.3 Å². The lowest BCUT2D eigenvalue weighted by atomic mass is 10.1. The Balaban J connectivity index is 0.00000200. The number of nitrogens with zero attached hydrogens (tertiary/aromatic N) is 1. The predicted octanol–water partition coefficient (Wildman–Crippen LogP) is -0.364. The fourth-order valence-corrected chi connectivity index (χ4v) is 2.32. The number of halogens is 2. The summed E-state index contributed by atoms with van der Waals surface area (Å²) < 4.78 is 0. The first-order chi connectivity index (χ1) is 8.95. The molecule has 0 radical (unpaired) electrons. The van der Waals surface area contributed by atoms with Crippen molar-refractivity contribution in [3.8, 4) is 0 Å². The molecule has 1 saturated carbocycles. The Kier molecular flexibility index (Phi) is 7.87. The van der Waals surface area contributed by atoms with Crippen LogP contribution in [-0.2, 0) is 11.3 Å². The normalized spacial score (nSPS) is 23.9. The van der Waals surface area contributed by atoms with Crippen molar-refractivity contribution in [1.29, 1.82) is 0 Å². The molecule has 0 spiro atoms. The molecule has 21 heavy (non-hydrogen) atoms. The quantitative estimate of drug-likeness (QED) is 0.599. The van der Waals surface area contributed by atoms with Crippen LogP contribution in [0.5, 0.6) is 0 Å². The van der Waals surface area contributed by atoms with Crippen LogP contribution in [0.1, 0.15) is 24.4 Å². The summed E-state index contributed by atoms with van der Waals surface area (Å²) >= 11 is 0. The molecule has 2 rings (SSSR count). The molecule has 5 N–H and O–H groups in total. The summed E-state index contributed by atoms with van der Waals surface area (Å²) in [5.41, 5.74) is 5.94. The summed E-state index contributed by atoms with van der Waals surface area (Å²) in [6, 6.07) is 1.01. The number of nitrogens with two attached hydrogens (primary N) is 1. The summed E-state index contributed by atoms with van der Waals surface area (Å²) in [6.07, 6.45) is 0.250. The zero-order valence-electron chi connectivity index (χ0n) is 11.5. The number of aromatic amines is 1. The number of aliphatic hydroxyl groups excluding tert-OH is 1. The number of hydrogen-bond donors (Lipinski definition) is 4. The van der Waals surface area contributed by atoms with Gasteiger partial charge >= 0.3 is 0 Å². The Hall–Kier alpha value is -1.15. The molecule has 1 fully saturated rings. The van der Waals surface area contributed by atoms with Gasteiger partial charge in [-0.3, -0.25) is 9.59 Å². The molecule has 0 saturated heterocycles. The third kappa shape index (κ3) is 5.28. The topological polar surface area (TPSA) is 121 Å². The van der Waals surface area contributed by atoms with E-state index >= 15 is 0 Å².